The molecule has 4 aromatic rings. The molecule has 4 rings (SSSR count). The molecular formula is C25H22N2O2. The van der Waals surface area contributed by atoms with Crippen molar-refractivity contribution in [3.63, 3.8) is 0 Å². The zero-order valence-electron chi connectivity index (χ0n) is 16.7. The molecule has 0 aliphatic rings. The Morgan fingerprint density at radius 2 is 1.66 bits per heavy atom. The van der Waals surface area contributed by atoms with Crippen LogP contribution >= 0.6 is 0 Å². The lowest BCUT2D eigenvalue weighted by atomic mass is 10.0. The third kappa shape index (κ3) is 3.83. The summed E-state index contributed by atoms with van der Waals surface area (Å²) in [7, 11) is 1.64. The number of amides is 1. The fourth-order valence-electron chi connectivity index (χ4n) is 3.29. The molecule has 0 aliphatic carbocycles. The van der Waals surface area contributed by atoms with Gasteiger partial charge in [-0.25, -0.2) is 4.98 Å². The number of aromatic nitrogens is 1. The van der Waals surface area contributed by atoms with Crippen molar-refractivity contribution in [2.75, 3.05) is 12.4 Å². The lowest BCUT2D eigenvalue weighted by Gasteiger charge is -2.12. The maximum absolute atomic E-state index is 13.1. The summed E-state index contributed by atoms with van der Waals surface area (Å²) in [4.78, 5) is 17.9. The summed E-state index contributed by atoms with van der Waals surface area (Å²) in [6.45, 7) is 4.09. The minimum absolute atomic E-state index is 0.151. The fourth-order valence-corrected chi connectivity index (χ4v) is 3.29. The van der Waals surface area contributed by atoms with E-state index in [0.717, 1.165) is 39.2 Å². The number of carbonyl (C=O) groups excluding carboxylic acids is 1. The average molecular weight is 382 g/mol. The first-order chi connectivity index (χ1) is 14.0. The number of benzene rings is 3. The Hall–Kier alpha value is -3.66. The Morgan fingerprint density at radius 1 is 0.897 bits per heavy atom. The summed E-state index contributed by atoms with van der Waals surface area (Å²) >= 11 is 0. The van der Waals surface area contributed by atoms with Crippen LogP contribution in [0.3, 0.4) is 0 Å². The summed E-state index contributed by atoms with van der Waals surface area (Å²) in [5, 5.41) is 3.85. The van der Waals surface area contributed by atoms with Crippen molar-refractivity contribution in [3.05, 3.63) is 89.5 Å². The molecule has 0 unspecified atom stereocenters. The number of hydrogen-bond donors (Lipinski definition) is 1. The number of hydrogen-bond acceptors (Lipinski definition) is 3. The van der Waals surface area contributed by atoms with Crippen LogP contribution in [0.1, 0.15) is 21.5 Å². The van der Waals surface area contributed by atoms with Gasteiger partial charge in [0.05, 0.1) is 23.9 Å². The van der Waals surface area contributed by atoms with Gasteiger partial charge in [0.25, 0.3) is 5.91 Å². The summed E-state index contributed by atoms with van der Waals surface area (Å²) in [6.07, 6.45) is 0. The topological polar surface area (TPSA) is 51.2 Å². The monoisotopic (exact) mass is 382 g/mol. The number of methoxy groups -OCH3 is 1. The van der Waals surface area contributed by atoms with Crippen LogP contribution in [0, 0.1) is 13.8 Å². The van der Waals surface area contributed by atoms with Crippen molar-refractivity contribution in [1.29, 1.82) is 0 Å². The number of pyridine rings is 1. The Morgan fingerprint density at radius 3 is 2.38 bits per heavy atom. The second-order valence-corrected chi connectivity index (χ2v) is 7.05. The number of carbonyl (C=O) groups is 1. The van der Waals surface area contributed by atoms with Crippen molar-refractivity contribution in [1.82, 2.24) is 4.98 Å². The maximum Gasteiger partial charge on any atom is 0.256 e. The highest BCUT2D eigenvalue weighted by atomic mass is 16.5. The summed E-state index contributed by atoms with van der Waals surface area (Å²) in [5.41, 5.74) is 6.17. The summed E-state index contributed by atoms with van der Waals surface area (Å²) < 4.78 is 5.24. The molecule has 0 spiro atoms. The molecule has 0 fully saturated rings. The first-order valence-corrected chi connectivity index (χ1v) is 9.48. The highest BCUT2D eigenvalue weighted by Gasteiger charge is 2.14. The van der Waals surface area contributed by atoms with Crippen LogP contribution in [0.2, 0.25) is 0 Å². The predicted molar refractivity (Wildman–Crippen MR) is 118 cm³/mol. The Balaban J connectivity index is 1.77. The SMILES string of the molecule is COc1ccc(-c2cc(C(=O)Nc3ccc(C)c(C)c3)c3ccccc3n2)cc1. The Kier molecular flexibility index (Phi) is 5.00. The van der Waals surface area contributed by atoms with Gasteiger partial charge in [-0.05, 0) is 73.5 Å². The van der Waals surface area contributed by atoms with Crippen LogP contribution in [-0.4, -0.2) is 18.0 Å². The summed E-state index contributed by atoms with van der Waals surface area (Å²) in [5.74, 6) is 0.629. The molecule has 1 aromatic heterocycles. The zero-order valence-corrected chi connectivity index (χ0v) is 16.7. The molecule has 0 atom stereocenters. The van der Waals surface area contributed by atoms with Gasteiger partial charge in [0, 0.05) is 16.6 Å². The van der Waals surface area contributed by atoms with Gasteiger partial charge < -0.3 is 10.1 Å². The van der Waals surface area contributed by atoms with E-state index in [2.05, 4.69) is 12.2 Å². The average Bonchev–Trinajstić information content (AvgIpc) is 2.75. The third-order valence-electron chi connectivity index (χ3n) is 5.11. The largest absolute Gasteiger partial charge is 0.497 e. The van der Waals surface area contributed by atoms with Crippen molar-refractivity contribution in [3.8, 4) is 17.0 Å². The smallest absolute Gasteiger partial charge is 0.256 e. The minimum Gasteiger partial charge on any atom is -0.497 e. The van der Waals surface area contributed by atoms with Gasteiger partial charge in [-0.1, -0.05) is 24.3 Å². The van der Waals surface area contributed by atoms with E-state index in [1.807, 2.05) is 79.7 Å². The third-order valence-corrected chi connectivity index (χ3v) is 5.11. The van der Waals surface area contributed by atoms with E-state index in [-0.39, 0.29) is 5.91 Å². The predicted octanol–water partition coefficient (Wildman–Crippen LogP) is 5.78. The molecule has 1 heterocycles. The van der Waals surface area contributed by atoms with E-state index in [1.165, 1.54) is 5.56 Å². The molecule has 4 heteroatoms. The highest BCUT2D eigenvalue weighted by molar-refractivity contribution is 6.13. The maximum atomic E-state index is 13.1. The highest BCUT2D eigenvalue weighted by Crippen LogP contribution is 2.27. The lowest BCUT2D eigenvalue weighted by Crippen LogP contribution is -2.13. The van der Waals surface area contributed by atoms with Gasteiger partial charge in [0.1, 0.15) is 5.75 Å². The van der Waals surface area contributed by atoms with Crippen molar-refractivity contribution >= 4 is 22.5 Å². The van der Waals surface area contributed by atoms with Crippen LogP contribution in [0.25, 0.3) is 22.2 Å². The van der Waals surface area contributed by atoms with Gasteiger partial charge >= 0.3 is 0 Å². The normalized spacial score (nSPS) is 10.7. The van der Waals surface area contributed by atoms with Crippen LogP contribution < -0.4 is 10.1 Å². The van der Waals surface area contributed by atoms with Crippen LogP contribution in [0.5, 0.6) is 5.75 Å². The van der Waals surface area contributed by atoms with Crippen LogP contribution in [0.4, 0.5) is 5.69 Å². The summed E-state index contributed by atoms with van der Waals surface area (Å²) in [6, 6.07) is 23.1. The van der Waals surface area contributed by atoms with E-state index < -0.39 is 0 Å². The van der Waals surface area contributed by atoms with Crippen molar-refractivity contribution < 1.29 is 9.53 Å². The number of anilines is 1. The van der Waals surface area contributed by atoms with E-state index >= 15 is 0 Å². The Bertz CT molecular complexity index is 1200. The van der Waals surface area contributed by atoms with Gasteiger partial charge in [-0.3, -0.25) is 4.79 Å². The molecule has 4 nitrogen and oxygen atoms in total. The molecule has 3 aromatic carbocycles. The number of nitrogens with zero attached hydrogens (tertiary/aromatic N) is 1. The van der Waals surface area contributed by atoms with Crippen molar-refractivity contribution in [2.24, 2.45) is 0 Å². The molecular weight excluding hydrogens is 360 g/mol. The molecule has 0 aliphatic heterocycles. The van der Waals surface area contributed by atoms with Gasteiger partial charge in [0.15, 0.2) is 0 Å². The first kappa shape index (κ1) is 18.7. The van der Waals surface area contributed by atoms with E-state index in [1.54, 1.807) is 7.11 Å². The second kappa shape index (κ2) is 7.76. The fraction of sp³-hybridized carbons (Fsp3) is 0.120. The zero-order chi connectivity index (χ0) is 20.4. The quantitative estimate of drug-likeness (QED) is 0.487. The van der Waals surface area contributed by atoms with Crippen LogP contribution in [0.15, 0.2) is 72.8 Å². The van der Waals surface area contributed by atoms with E-state index in [9.17, 15) is 4.79 Å². The molecule has 29 heavy (non-hydrogen) atoms. The number of aryl methyl sites for hydroxylation is 2. The number of ether oxygens (including phenoxy) is 1. The van der Waals surface area contributed by atoms with Gasteiger partial charge in [-0.15, -0.1) is 0 Å². The standard InChI is InChI=1S/C25H22N2O2/c1-16-8-11-19(14-17(16)2)26-25(28)22-15-24(18-9-12-20(29-3)13-10-18)27-23-7-5-4-6-21(22)23/h4-15H,1-3H3,(H,26,28). The second-order valence-electron chi connectivity index (χ2n) is 7.05. The molecule has 0 saturated heterocycles. The van der Waals surface area contributed by atoms with Gasteiger partial charge in [0.2, 0.25) is 0 Å². The molecule has 0 radical (unpaired) electrons. The van der Waals surface area contributed by atoms with E-state index in [4.69, 9.17) is 9.72 Å². The molecule has 0 bridgehead atoms. The first-order valence-electron chi connectivity index (χ1n) is 9.48. The molecule has 0 saturated carbocycles. The Labute approximate surface area is 170 Å². The van der Waals surface area contributed by atoms with Gasteiger partial charge in [-0.2, -0.15) is 0 Å². The lowest BCUT2D eigenvalue weighted by molar-refractivity contribution is 0.102. The number of rotatable bonds is 4. The molecule has 144 valence electrons. The molecule has 1 amide bonds. The van der Waals surface area contributed by atoms with Crippen LogP contribution in [-0.2, 0) is 0 Å². The van der Waals surface area contributed by atoms with E-state index in [0.29, 0.717) is 5.56 Å². The number of nitrogens with one attached hydrogen (secondary N) is 1. The number of para-hydroxylation sites is 1. The minimum atomic E-state index is -0.151. The molecule has 1 N–H and O–H groups in total. The van der Waals surface area contributed by atoms with Crippen molar-refractivity contribution in [2.45, 2.75) is 13.8 Å². The number of fused-ring (bicyclic) bond motifs is 1.